The average Bonchev–Trinajstić information content (AvgIpc) is 2.91. The minimum Gasteiger partial charge on any atom is -0.444 e. The highest BCUT2D eigenvalue weighted by Crippen LogP contribution is 2.27. The third-order valence-electron chi connectivity index (χ3n) is 3.89. The molecule has 7 nitrogen and oxygen atoms in total. The first-order valence-electron chi connectivity index (χ1n) is 8.14. The van der Waals surface area contributed by atoms with Gasteiger partial charge in [-0.1, -0.05) is 15.9 Å². The smallest absolute Gasteiger partial charge is 0.410 e. The first kappa shape index (κ1) is 18.6. The molecule has 0 bridgehead atoms. The second-order valence-corrected chi connectivity index (χ2v) is 8.32. The van der Waals surface area contributed by atoms with Crippen LogP contribution in [0.2, 0.25) is 0 Å². The van der Waals surface area contributed by atoms with Crippen LogP contribution in [0, 0.1) is 0 Å². The van der Waals surface area contributed by atoms with E-state index in [0.717, 1.165) is 4.47 Å². The number of nitrogens with one attached hydrogen (secondary N) is 1. The van der Waals surface area contributed by atoms with Crippen molar-refractivity contribution in [1.82, 2.24) is 19.8 Å². The molecule has 0 spiro atoms. The molecule has 0 aliphatic carbocycles. The van der Waals surface area contributed by atoms with Crippen LogP contribution in [0.25, 0.3) is 5.52 Å². The molecule has 1 aliphatic heterocycles. The van der Waals surface area contributed by atoms with Gasteiger partial charge in [-0.25, -0.2) is 13.7 Å². The monoisotopic (exact) mass is 426 g/mol. The van der Waals surface area contributed by atoms with Gasteiger partial charge in [-0.2, -0.15) is 5.10 Å². The van der Waals surface area contributed by atoms with Crippen LogP contribution in [0.15, 0.2) is 29.0 Å². The average molecular weight is 427 g/mol. The van der Waals surface area contributed by atoms with Crippen molar-refractivity contribution in [2.45, 2.75) is 32.0 Å². The van der Waals surface area contributed by atoms with Crippen molar-refractivity contribution in [1.29, 1.82) is 0 Å². The summed E-state index contributed by atoms with van der Waals surface area (Å²) in [6.07, 6.45) is 2.61. The van der Waals surface area contributed by atoms with Gasteiger partial charge in [-0.15, -0.1) is 0 Å². The zero-order chi connectivity index (χ0) is 19.1. The number of pyridine rings is 1. The standard InChI is InChI=1S/C17H20BrFN4O3/c1-16(2,3)26-15(25)22-9-17(19,10-22)8-20-14(24)12-7-21-23-5-4-11(18)6-13(12)23/h4-7H,8-10H2,1-3H3,(H,20,24). The van der Waals surface area contributed by atoms with E-state index < -0.39 is 23.3 Å². The Morgan fingerprint density at radius 3 is 2.77 bits per heavy atom. The molecule has 2 aromatic heterocycles. The van der Waals surface area contributed by atoms with Crippen LogP contribution in [0.3, 0.4) is 0 Å². The van der Waals surface area contributed by atoms with Gasteiger partial charge in [0.25, 0.3) is 5.91 Å². The maximum Gasteiger partial charge on any atom is 0.410 e. The summed E-state index contributed by atoms with van der Waals surface area (Å²) in [7, 11) is 0. The molecule has 2 aromatic rings. The summed E-state index contributed by atoms with van der Waals surface area (Å²) in [5.41, 5.74) is -1.31. The van der Waals surface area contributed by atoms with Gasteiger partial charge >= 0.3 is 6.09 Å². The molecule has 0 radical (unpaired) electrons. The van der Waals surface area contributed by atoms with Crippen molar-refractivity contribution >= 4 is 33.4 Å². The lowest BCUT2D eigenvalue weighted by molar-refractivity contribution is -0.0487. The van der Waals surface area contributed by atoms with Crippen LogP contribution in [0.1, 0.15) is 31.1 Å². The molecule has 0 unspecified atom stereocenters. The molecule has 140 valence electrons. The van der Waals surface area contributed by atoms with Crippen LogP contribution < -0.4 is 5.32 Å². The van der Waals surface area contributed by atoms with Gasteiger partial charge in [-0.3, -0.25) is 4.79 Å². The Labute approximate surface area is 158 Å². The SMILES string of the molecule is CC(C)(C)OC(=O)N1CC(F)(CNC(=O)c2cnn3ccc(Br)cc23)C1. The van der Waals surface area contributed by atoms with E-state index in [1.807, 2.05) is 0 Å². The van der Waals surface area contributed by atoms with Crippen molar-refractivity contribution < 1.29 is 18.7 Å². The second-order valence-electron chi connectivity index (χ2n) is 7.40. The van der Waals surface area contributed by atoms with Gasteiger partial charge in [0.2, 0.25) is 0 Å². The van der Waals surface area contributed by atoms with E-state index in [9.17, 15) is 14.0 Å². The number of hydrogen-bond acceptors (Lipinski definition) is 4. The molecule has 26 heavy (non-hydrogen) atoms. The number of carbonyl (C=O) groups excluding carboxylic acids is 2. The van der Waals surface area contributed by atoms with E-state index in [4.69, 9.17) is 4.74 Å². The van der Waals surface area contributed by atoms with Gasteiger partial charge < -0.3 is 15.0 Å². The fraction of sp³-hybridized carbons (Fsp3) is 0.471. The molecule has 0 atom stereocenters. The summed E-state index contributed by atoms with van der Waals surface area (Å²) in [5, 5.41) is 6.69. The largest absolute Gasteiger partial charge is 0.444 e. The zero-order valence-electron chi connectivity index (χ0n) is 14.8. The molecular weight excluding hydrogens is 407 g/mol. The van der Waals surface area contributed by atoms with E-state index in [-0.39, 0.29) is 19.6 Å². The molecule has 2 amide bonds. The van der Waals surface area contributed by atoms with E-state index in [2.05, 4.69) is 26.3 Å². The lowest BCUT2D eigenvalue weighted by Gasteiger charge is -2.44. The molecule has 3 rings (SSSR count). The maximum atomic E-state index is 14.6. The Morgan fingerprint density at radius 2 is 2.12 bits per heavy atom. The maximum absolute atomic E-state index is 14.6. The summed E-state index contributed by atoms with van der Waals surface area (Å²) >= 11 is 3.35. The summed E-state index contributed by atoms with van der Waals surface area (Å²) < 4.78 is 22.2. The fourth-order valence-corrected chi connectivity index (χ4v) is 3.00. The van der Waals surface area contributed by atoms with Crippen LogP contribution in [0.5, 0.6) is 0 Å². The number of hydrogen-bond donors (Lipinski definition) is 1. The first-order chi connectivity index (χ1) is 12.1. The topological polar surface area (TPSA) is 75.9 Å². The molecule has 1 saturated heterocycles. The fourth-order valence-electron chi connectivity index (χ4n) is 2.67. The second kappa shape index (κ2) is 6.53. The normalized spacial score (nSPS) is 16.3. The van der Waals surface area contributed by atoms with Crippen molar-refractivity contribution in [3.05, 3.63) is 34.6 Å². The number of amides is 2. The van der Waals surface area contributed by atoms with Gasteiger partial charge in [0, 0.05) is 10.7 Å². The predicted octanol–water partition coefficient (Wildman–Crippen LogP) is 2.79. The van der Waals surface area contributed by atoms with E-state index >= 15 is 0 Å². The van der Waals surface area contributed by atoms with Crippen molar-refractivity contribution in [3.63, 3.8) is 0 Å². The van der Waals surface area contributed by atoms with Crippen LogP contribution >= 0.6 is 15.9 Å². The highest BCUT2D eigenvalue weighted by Gasteiger charge is 2.47. The van der Waals surface area contributed by atoms with Gasteiger partial charge in [0.15, 0.2) is 5.67 Å². The number of halogens is 2. The Morgan fingerprint density at radius 1 is 1.42 bits per heavy atom. The number of alkyl halides is 1. The van der Waals surface area contributed by atoms with Crippen LogP contribution in [0.4, 0.5) is 9.18 Å². The summed E-state index contributed by atoms with van der Waals surface area (Å²) in [4.78, 5) is 25.5. The lowest BCUT2D eigenvalue weighted by atomic mass is 9.96. The highest BCUT2D eigenvalue weighted by atomic mass is 79.9. The summed E-state index contributed by atoms with van der Waals surface area (Å²) in [5.74, 6) is -0.411. The zero-order valence-corrected chi connectivity index (χ0v) is 16.3. The first-order valence-corrected chi connectivity index (χ1v) is 8.94. The van der Waals surface area contributed by atoms with E-state index in [1.165, 1.54) is 11.1 Å². The highest BCUT2D eigenvalue weighted by molar-refractivity contribution is 9.10. The number of nitrogens with zero attached hydrogens (tertiary/aromatic N) is 3. The number of likely N-dealkylation sites (tertiary alicyclic amines) is 1. The van der Waals surface area contributed by atoms with Gasteiger partial charge in [0.1, 0.15) is 5.60 Å². The quantitative estimate of drug-likeness (QED) is 0.818. The lowest BCUT2D eigenvalue weighted by Crippen LogP contribution is -2.65. The van der Waals surface area contributed by atoms with Crippen molar-refractivity contribution in [2.75, 3.05) is 19.6 Å². The Bertz CT molecular complexity index is 855. The number of aromatic nitrogens is 2. The number of fused-ring (bicyclic) bond motifs is 1. The summed E-state index contributed by atoms with van der Waals surface area (Å²) in [6.45, 7) is 4.86. The summed E-state index contributed by atoms with van der Waals surface area (Å²) in [6, 6.07) is 3.57. The minimum absolute atomic E-state index is 0.109. The number of carbonyl (C=O) groups is 2. The van der Waals surface area contributed by atoms with E-state index in [0.29, 0.717) is 11.1 Å². The minimum atomic E-state index is -1.66. The molecule has 9 heteroatoms. The van der Waals surface area contributed by atoms with Crippen molar-refractivity contribution in [3.8, 4) is 0 Å². The predicted molar refractivity (Wildman–Crippen MR) is 96.9 cm³/mol. The molecule has 3 heterocycles. The molecule has 0 aromatic carbocycles. The molecular formula is C17H20BrFN4O3. The number of ether oxygens (including phenoxy) is 1. The Balaban J connectivity index is 1.57. The Hall–Kier alpha value is -2.16. The molecule has 1 N–H and O–H groups in total. The molecule has 1 aliphatic rings. The van der Waals surface area contributed by atoms with E-state index in [1.54, 1.807) is 43.6 Å². The van der Waals surface area contributed by atoms with Gasteiger partial charge in [-0.05, 0) is 32.9 Å². The third-order valence-corrected chi connectivity index (χ3v) is 4.39. The third kappa shape index (κ3) is 3.98. The molecule has 0 saturated carbocycles. The molecule has 1 fully saturated rings. The van der Waals surface area contributed by atoms with Crippen molar-refractivity contribution in [2.24, 2.45) is 0 Å². The Kier molecular flexibility index (Phi) is 4.68. The van der Waals surface area contributed by atoms with Crippen LogP contribution in [-0.4, -0.2) is 57.4 Å². The van der Waals surface area contributed by atoms with Crippen LogP contribution in [-0.2, 0) is 4.74 Å². The van der Waals surface area contributed by atoms with Gasteiger partial charge in [0.05, 0.1) is 36.9 Å². The number of rotatable bonds is 3.